The van der Waals surface area contributed by atoms with Gasteiger partial charge >= 0.3 is 11.9 Å². The monoisotopic (exact) mass is 358 g/mol. The van der Waals surface area contributed by atoms with Gasteiger partial charge in [-0.1, -0.05) is 56.3 Å². The van der Waals surface area contributed by atoms with Gasteiger partial charge in [0.15, 0.2) is 0 Å². The molecule has 0 N–H and O–H groups in total. The Morgan fingerprint density at radius 1 is 0.962 bits per heavy atom. The lowest BCUT2D eigenvalue weighted by Gasteiger charge is -2.25. The zero-order chi connectivity index (χ0) is 18.8. The van der Waals surface area contributed by atoms with E-state index in [9.17, 15) is 9.59 Å². The fourth-order valence-corrected chi connectivity index (χ4v) is 3.13. The molecule has 2 atom stereocenters. The minimum absolute atomic E-state index is 0.275. The Hall–Kier alpha value is -2.10. The molecule has 0 aliphatic heterocycles. The lowest BCUT2D eigenvalue weighted by Crippen LogP contribution is -2.34. The summed E-state index contributed by atoms with van der Waals surface area (Å²) in [6.45, 7) is 5.05. The summed E-state index contributed by atoms with van der Waals surface area (Å²) in [7, 11) is 0. The van der Waals surface area contributed by atoms with Crippen molar-refractivity contribution >= 4 is 11.9 Å². The maximum absolute atomic E-state index is 12.5. The van der Waals surface area contributed by atoms with Crippen LogP contribution < -0.4 is 0 Å². The molecule has 0 saturated carbocycles. The van der Waals surface area contributed by atoms with Crippen LogP contribution in [0, 0.1) is 17.8 Å². The number of carbonyl (C=O) groups excluding carboxylic acids is 2. The number of benzene rings is 1. The minimum Gasteiger partial charge on any atom is -0.465 e. The summed E-state index contributed by atoms with van der Waals surface area (Å²) in [6.07, 6.45) is 7.55. The van der Waals surface area contributed by atoms with Crippen molar-refractivity contribution in [1.82, 2.24) is 0 Å². The highest BCUT2D eigenvalue weighted by molar-refractivity contribution is 5.82. The molecule has 1 aromatic rings. The standard InChI is InChI=1S/C22H30O4/c1-17(2)9-8-15-25-21(23)19-12-6-7-13-20(19)22(24)26-16-14-18-10-4-3-5-11-18/h3-7,10-11,17,19-20H,8-9,12-16H2,1-2H3. The average molecular weight is 358 g/mol. The Balaban J connectivity index is 1.80. The molecule has 0 saturated heterocycles. The number of hydrogen-bond donors (Lipinski definition) is 0. The van der Waals surface area contributed by atoms with Crippen molar-refractivity contribution in [2.24, 2.45) is 17.8 Å². The van der Waals surface area contributed by atoms with Gasteiger partial charge < -0.3 is 9.47 Å². The van der Waals surface area contributed by atoms with Gasteiger partial charge in [-0.15, -0.1) is 0 Å². The molecule has 0 heterocycles. The molecule has 0 fully saturated rings. The number of esters is 2. The second-order valence-corrected chi connectivity index (χ2v) is 7.26. The Labute approximate surface area is 156 Å². The molecular formula is C22H30O4. The first-order valence-corrected chi connectivity index (χ1v) is 9.60. The summed E-state index contributed by atoms with van der Waals surface area (Å²) in [4.78, 5) is 24.8. The molecule has 2 unspecified atom stereocenters. The summed E-state index contributed by atoms with van der Waals surface area (Å²) < 4.78 is 10.8. The highest BCUT2D eigenvalue weighted by atomic mass is 16.5. The summed E-state index contributed by atoms with van der Waals surface area (Å²) in [5.74, 6) is -0.840. The zero-order valence-electron chi connectivity index (χ0n) is 15.9. The summed E-state index contributed by atoms with van der Waals surface area (Å²) >= 11 is 0. The third-order valence-electron chi connectivity index (χ3n) is 4.69. The lowest BCUT2D eigenvalue weighted by atomic mass is 9.83. The molecule has 1 aliphatic rings. The van der Waals surface area contributed by atoms with Crippen LogP contribution in [0.2, 0.25) is 0 Å². The molecule has 2 rings (SSSR count). The van der Waals surface area contributed by atoms with Crippen LogP contribution in [0.15, 0.2) is 42.5 Å². The van der Waals surface area contributed by atoms with Crippen LogP contribution in [0.25, 0.3) is 0 Å². The Morgan fingerprint density at radius 3 is 2.12 bits per heavy atom. The van der Waals surface area contributed by atoms with Crippen molar-refractivity contribution in [3.05, 3.63) is 48.0 Å². The van der Waals surface area contributed by atoms with E-state index in [1.54, 1.807) is 0 Å². The smallest absolute Gasteiger partial charge is 0.310 e. The first-order valence-electron chi connectivity index (χ1n) is 9.60. The molecular weight excluding hydrogens is 328 g/mol. The Morgan fingerprint density at radius 2 is 1.54 bits per heavy atom. The van der Waals surface area contributed by atoms with Gasteiger partial charge in [-0.2, -0.15) is 0 Å². The first-order chi connectivity index (χ1) is 12.6. The van der Waals surface area contributed by atoms with E-state index in [2.05, 4.69) is 13.8 Å². The van der Waals surface area contributed by atoms with Crippen molar-refractivity contribution < 1.29 is 19.1 Å². The van der Waals surface area contributed by atoms with Crippen molar-refractivity contribution in [1.29, 1.82) is 0 Å². The van der Waals surface area contributed by atoms with Gasteiger partial charge in [-0.3, -0.25) is 9.59 Å². The van der Waals surface area contributed by atoms with Crippen LogP contribution in [0.4, 0.5) is 0 Å². The van der Waals surface area contributed by atoms with Gasteiger partial charge in [0.2, 0.25) is 0 Å². The average Bonchev–Trinajstić information content (AvgIpc) is 2.65. The van der Waals surface area contributed by atoms with E-state index in [4.69, 9.17) is 9.47 Å². The zero-order valence-corrected chi connectivity index (χ0v) is 15.9. The van der Waals surface area contributed by atoms with Crippen molar-refractivity contribution in [3.63, 3.8) is 0 Å². The van der Waals surface area contributed by atoms with E-state index in [1.807, 2.05) is 42.5 Å². The quantitative estimate of drug-likeness (QED) is 0.374. The molecule has 0 aromatic heterocycles. The van der Waals surface area contributed by atoms with E-state index in [1.165, 1.54) is 0 Å². The maximum Gasteiger partial charge on any atom is 0.310 e. The largest absolute Gasteiger partial charge is 0.465 e. The van der Waals surface area contributed by atoms with Crippen molar-refractivity contribution in [2.75, 3.05) is 13.2 Å². The fraction of sp³-hybridized carbons (Fsp3) is 0.545. The summed E-state index contributed by atoms with van der Waals surface area (Å²) in [5.41, 5.74) is 1.13. The Bertz CT molecular complexity index is 591. The van der Waals surface area contributed by atoms with E-state index < -0.39 is 11.8 Å². The molecule has 0 radical (unpaired) electrons. The highest BCUT2D eigenvalue weighted by Gasteiger charge is 2.36. The van der Waals surface area contributed by atoms with Gasteiger partial charge in [0.1, 0.15) is 0 Å². The first kappa shape index (κ1) is 20.2. The molecule has 142 valence electrons. The van der Waals surface area contributed by atoms with Crippen LogP contribution >= 0.6 is 0 Å². The van der Waals surface area contributed by atoms with Gasteiger partial charge in [0.25, 0.3) is 0 Å². The SMILES string of the molecule is CC(C)CCCOC(=O)C1CC=CCC1C(=O)OCCc1ccccc1. The summed E-state index contributed by atoms with van der Waals surface area (Å²) in [6, 6.07) is 9.91. The molecule has 1 aliphatic carbocycles. The third kappa shape index (κ3) is 6.66. The molecule has 0 spiro atoms. The summed E-state index contributed by atoms with van der Waals surface area (Å²) in [5, 5.41) is 0. The maximum atomic E-state index is 12.5. The molecule has 26 heavy (non-hydrogen) atoms. The third-order valence-corrected chi connectivity index (χ3v) is 4.69. The molecule has 1 aromatic carbocycles. The van der Waals surface area contributed by atoms with Crippen LogP contribution in [0.5, 0.6) is 0 Å². The van der Waals surface area contributed by atoms with Gasteiger partial charge in [-0.25, -0.2) is 0 Å². The van der Waals surface area contributed by atoms with E-state index in [0.29, 0.717) is 38.4 Å². The van der Waals surface area contributed by atoms with Crippen molar-refractivity contribution in [2.45, 2.75) is 46.0 Å². The Kier molecular flexibility index (Phi) is 8.39. The van der Waals surface area contributed by atoms with E-state index >= 15 is 0 Å². The van der Waals surface area contributed by atoms with Gasteiger partial charge in [0.05, 0.1) is 25.0 Å². The lowest BCUT2D eigenvalue weighted by molar-refractivity contribution is -0.161. The van der Waals surface area contributed by atoms with E-state index in [-0.39, 0.29) is 11.9 Å². The highest BCUT2D eigenvalue weighted by Crippen LogP contribution is 2.28. The normalized spacial score (nSPS) is 19.3. The second kappa shape index (κ2) is 10.8. The molecule has 4 heteroatoms. The second-order valence-electron chi connectivity index (χ2n) is 7.26. The number of allylic oxidation sites excluding steroid dienone is 2. The number of rotatable bonds is 9. The van der Waals surface area contributed by atoms with Crippen LogP contribution in [-0.2, 0) is 25.5 Å². The van der Waals surface area contributed by atoms with Crippen LogP contribution in [-0.4, -0.2) is 25.2 Å². The number of hydrogen-bond acceptors (Lipinski definition) is 4. The van der Waals surface area contributed by atoms with Gasteiger partial charge in [-0.05, 0) is 37.2 Å². The topological polar surface area (TPSA) is 52.6 Å². The molecule has 4 nitrogen and oxygen atoms in total. The molecule has 0 amide bonds. The number of ether oxygens (including phenoxy) is 2. The van der Waals surface area contributed by atoms with Crippen molar-refractivity contribution in [3.8, 4) is 0 Å². The van der Waals surface area contributed by atoms with E-state index in [0.717, 1.165) is 18.4 Å². The minimum atomic E-state index is -0.437. The van der Waals surface area contributed by atoms with Gasteiger partial charge in [0, 0.05) is 6.42 Å². The number of carbonyl (C=O) groups is 2. The fourth-order valence-electron chi connectivity index (χ4n) is 3.13. The predicted molar refractivity (Wildman–Crippen MR) is 101 cm³/mol. The van der Waals surface area contributed by atoms with Crippen LogP contribution in [0.1, 0.15) is 45.1 Å². The molecule has 0 bridgehead atoms. The predicted octanol–water partition coefficient (Wildman–Crippen LogP) is 4.33. The van der Waals surface area contributed by atoms with Crippen LogP contribution in [0.3, 0.4) is 0 Å².